The molecule has 0 saturated heterocycles. The second-order valence-electron chi connectivity index (χ2n) is 4.57. The second kappa shape index (κ2) is 7.65. The molecule has 23 heavy (non-hydrogen) atoms. The van der Waals surface area contributed by atoms with E-state index in [0.29, 0.717) is 22.1 Å². The van der Waals surface area contributed by atoms with Crippen LogP contribution in [0.15, 0.2) is 42.5 Å². The molecule has 0 spiro atoms. The third-order valence-corrected chi connectivity index (χ3v) is 3.36. The molecule has 0 amide bonds. The molecule has 0 heterocycles. The topological polar surface area (TPSA) is 61.8 Å². The van der Waals surface area contributed by atoms with Gasteiger partial charge in [0.15, 0.2) is 12.4 Å². The number of ether oxygens (including phenoxy) is 3. The van der Waals surface area contributed by atoms with Gasteiger partial charge >= 0.3 is 5.97 Å². The van der Waals surface area contributed by atoms with Crippen LogP contribution in [0, 0.1) is 0 Å². The maximum atomic E-state index is 12.1. The Balaban J connectivity index is 2.03. The van der Waals surface area contributed by atoms with Crippen LogP contribution in [-0.2, 0) is 4.74 Å². The number of methoxy groups -OCH3 is 2. The van der Waals surface area contributed by atoms with Crippen LogP contribution in [0.5, 0.6) is 11.5 Å². The lowest BCUT2D eigenvalue weighted by Gasteiger charge is -2.09. The predicted molar refractivity (Wildman–Crippen MR) is 85.6 cm³/mol. The van der Waals surface area contributed by atoms with E-state index in [1.165, 1.54) is 20.3 Å². The van der Waals surface area contributed by atoms with E-state index in [9.17, 15) is 9.59 Å². The fraction of sp³-hybridized carbons (Fsp3) is 0.176. The standard InChI is InChI=1S/C17H15ClO5/c1-21-13-6-3-11(4-7-13)15(19)10-23-17(20)14-9-12(18)5-8-16(14)22-2/h3-9H,10H2,1-2H3. The molecule has 120 valence electrons. The van der Waals surface area contributed by atoms with Crippen LogP contribution in [0.3, 0.4) is 0 Å². The van der Waals surface area contributed by atoms with Gasteiger partial charge in [-0.3, -0.25) is 4.79 Å². The number of hydrogen-bond donors (Lipinski definition) is 0. The Morgan fingerprint density at radius 1 is 1.00 bits per heavy atom. The van der Waals surface area contributed by atoms with Crippen LogP contribution in [0.1, 0.15) is 20.7 Å². The lowest BCUT2D eigenvalue weighted by Crippen LogP contribution is -2.15. The number of esters is 1. The number of hydrogen-bond acceptors (Lipinski definition) is 5. The molecule has 0 radical (unpaired) electrons. The molecule has 0 N–H and O–H groups in total. The number of ketones is 1. The third kappa shape index (κ3) is 4.23. The van der Waals surface area contributed by atoms with Crippen LogP contribution < -0.4 is 9.47 Å². The Morgan fingerprint density at radius 2 is 1.70 bits per heavy atom. The molecular weight excluding hydrogens is 320 g/mol. The highest BCUT2D eigenvalue weighted by molar-refractivity contribution is 6.31. The molecule has 2 aromatic rings. The third-order valence-electron chi connectivity index (χ3n) is 3.13. The molecule has 0 aliphatic rings. The van der Waals surface area contributed by atoms with E-state index in [0.717, 1.165) is 0 Å². The van der Waals surface area contributed by atoms with Gasteiger partial charge in [-0.15, -0.1) is 0 Å². The van der Waals surface area contributed by atoms with Crippen molar-refractivity contribution in [3.63, 3.8) is 0 Å². The number of Topliss-reactive ketones (excluding diaryl/α,β-unsaturated/α-hetero) is 1. The van der Waals surface area contributed by atoms with Crippen molar-refractivity contribution in [1.82, 2.24) is 0 Å². The zero-order valence-electron chi connectivity index (χ0n) is 12.7. The van der Waals surface area contributed by atoms with Crippen molar-refractivity contribution in [2.24, 2.45) is 0 Å². The van der Waals surface area contributed by atoms with E-state index < -0.39 is 5.97 Å². The Kier molecular flexibility index (Phi) is 5.60. The van der Waals surface area contributed by atoms with Gasteiger partial charge < -0.3 is 14.2 Å². The van der Waals surface area contributed by atoms with E-state index in [1.807, 2.05) is 0 Å². The molecule has 0 bridgehead atoms. The summed E-state index contributed by atoms with van der Waals surface area (Å²) in [6.45, 7) is -0.374. The molecule has 5 nitrogen and oxygen atoms in total. The fourth-order valence-corrected chi connectivity index (χ4v) is 2.08. The van der Waals surface area contributed by atoms with Gasteiger partial charge in [0.25, 0.3) is 0 Å². The molecular formula is C17H15ClO5. The van der Waals surface area contributed by atoms with Crippen LogP contribution >= 0.6 is 11.6 Å². The van der Waals surface area contributed by atoms with Crippen molar-refractivity contribution >= 4 is 23.4 Å². The summed E-state index contributed by atoms with van der Waals surface area (Å²) in [6.07, 6.45) is 0. The average Bonchev–Trinajstić information content (AvgIpc) is 2.59. The Morgan fingerprint density at radius 3 is 2.30 bits per heavy atom. The van der Waals surface area contributed by atoms with Crippen LogP contribution in [0.4, 0.5) is 0 Å². The van der Waals surface area contributed by atoms with E-state index in [1.54, 1.807) is 36.4 Å². The van der Waals surface area contributed by atoms with Gasteiger partial charge in [-0.05, 0) is 42.5 Å². The lowest BCUT2D eigenvalue weighted by molar-refractivity contribution is 0.0471. The first-order valence-corrected chi connectivity index (χ1v) is 7.11. The lowest BCUT2D eigenvalue weighted by atomic mass is 10.1. The maximum absolute atomic E-state index is 12.1. The summed E-state index contributed by atoms with van der Waals surface area (Å²) >= 11 is 5.86. The first kappa shape index (κ1) is 16.8. The van der Waals surface area contributed by atoms with Gasteiger partial charge in [0.2, 0.25) is 0 Å². The van der Waals surface area contributed by atoms with Gasteiger partial charge in [0.05, 0.1) is 14.2 Å². The number of halogens is 1. The van der Waals surface area contributed by atoms with Crippen molar-refractivity contribution in [3.05, 3.63) is 58.6 Å². The monoisotopic (exact) mass is 334 g/mol. The summed E-state index contributed by atoms with van der Waals surface area (Å²) in [6, 6.07) is 11.1. The fourth-order valence-electron chi connectivity index (χ4n) is 1.91. The van der Waals surface area contributed by atoms with Gasteiger partial charge in [-0.25, -0.2) is 4.79 Å². The molecule has 2 aromatic carbocycles. The van der Waals surface area contributed by atoms with Crippen molar-refractivity contribution in [2.45, 2.75) is 0 Å². The summed E-state index contributed by atoms with van der Waals surface area (Å²) in [5.41, 5.74) is 0.596. The van der Waals surface area contributed by atoms with Crippen LogP contribution in [-0.4, -0.2) is 32.6 Å². The molecule has 0 aliphatic carbocycles. The minimum atomic E-state index is -0.675. The van der Waals surface area contributed by atoms with Crippen LogP contribution in [0.2, 0.25) is 5.02 Å². The SMILES string of the molecule is COc1ccc(C(=O)COC(=O)c2cc(Cl)ccc2OC)cc1. The molecule has 2 rings (SSSR count). The Hall–Kier alpha value is -2.53. The number of benzene rings is 2. The van der Waals surface area contributed by atoms with Gasteiger partial charge in [0, 0.05) is 10.6 Å². The molecule has 0 atom stereocenters. The Bertz CT molecular complexity index is 709. The van der Waals surface area contributed by atoms with E-state index in [2.05, 4.69) is 0 Å². The summed E-state index contributed by atoms with van der Waals surface area (Å²) in [5, 5.41) is 0.374. The van der Waals surface area contributed by atoms with E-state index in [-0.39, 0.29) is 18.0 Å². The molecule has 0 saturated carbocycles. The number of carbonyl (C=O) groups is 2. The highest BCUT2D eigenvalue weighted by Crippen LogP contribution is 2.23. The summed E-state index contributed by atoms with van der Waals surface area (Å²) in [7, 11) is 2.97. The smallest absolute Gasteiger partial charge is 0.342 e. The Labute approximate surface area is 138 Å². The number of carbonyl (C=O) groups excluding carboxylic acids is 2. The maximum Gasteiger partial charge on any atom is 0.342 e. The van der Waals surface area contributed by atoms with Crippen LogP contribution in [0.25, 0.3) is 0 Å². The quantitative estimate of drug-likeness (QED) is 0.598. The predicted octanol–water partition coefficient (Wildman–Crippen LogP) is 3.40. The van der Waals surface area contributed by atoms with Crippen molar-refractivity contribution in [2.75, 3.05) is 20.8 Å². The molecule has 6 heteroatoms. The molecule has 0 fully saturated rings. The number of rotatable bonds is 6. The minimum Gasteiger partial charge on any atom is -0.497 e. The zero-order valence-corrected chi connectivity index (χ0v) is 13.4. The highest BCUT2D eigenvalue weighted by Gasteiger charge is 2.16. The molecule has 0 aromatic heterocycles. The zero-order chi connectivity index (χ0) is 16.8. The second-order valence-corrected chi connectivity index (χ2v) is 5.01. The van der Waals surface area contributed by atoms with Gasteiger partial charge in [0.1, 0.15) is 17.1 Å². The summed E-state index contributed by atoms with van der Waals surface area (Å²) in [4.78, 5) is 24.1. The largest absolute Gasteiger partial charge is 0.497 e. The van der Waals surface area contributed by atoms with E-state index >= 15 is 0 Å². The van der Waals surface area contributed by atoms with E-state index in [4.69, 9.17) is 25.8 Å². The average molecular weight is 335 g/mol. The van der Waals surface area contributed by atoms with Gasteiger partial charge in [-0.1, -0.05) is 11.6 Å². The minimum absolute atomic E-state index is 0.169. The highest BCUT2D eigenvalue weighted by atomic mass is 35.5. The van der Waals surface area contributed by atoms with Crippen molar-refractivity contribution < 1.29 is 23.8 Å². The first-order valence-electron chi connectivity index (χ1n) is 6.73. The summed E-state index contributed by atoms with van der Waals surface area (Å²) < 4.78 is 15.1. The first-order chi connectivity index (χ1) is 11.0. The molecule has 0 unspecified atom stereocenters. The normalized spacial score (nSPS) is 10.0. The molecule has 0 aliphatic heterocycles. The summed E-state index contributed by atoms with van der Waals surface area (Å²) in [5.74, 6) is -0.0216. The van der Waals surface area contributed by atoms with Crippen molar-refractivity contribution in [3.8, 4) is 11.5 Å². The van der Waals surface area contributed by atoms with Gasteiger partial charge in [-0.2, -0.15) is 0 Å². The van der Waals surface area contributed by atoms with Crippen molar-refractivity contribution in [1.29, 1.82) is 0 Å².